The molecule has 0 unspecified atom stereocenters. The van der Waals surface area contributed by atoms with Crippen LogP contribution in [0.1, 0.15) is 155 Å². The number of amides is 12. The fourth-order valence-electron chi connectivity index (χ4n) is 14.1. The van der Waals surface area contributed by atoms with Gasteiger partial charge in [-0.15, -0.1) is 0 Å². The van der Waals surface area contributed by atoms with Gasteiger partial charge in [-0.3, -0.25) is 58.0 Å². The molecule has 27 heteroatoms. The van der Waals surface area contributed by atoms with E-state index in [1.54, 1.807) is 68.3 Å². The Bertz CT molecular complexity index is 3220. The number of nitrogens with zero attached hydrogens (tertiary/aromatic N) is 5. The third-order valence-corrected chi connectivity index (χ3v) is 19.7. The van der Waals surface area contributed by atoms with Crippen LogP contribution in [-0.4, -0.2) is 190 Å². The summed E-state index contributed by atoms with van der Waals surface area (Å²) in [4.78, 5) is 154. The molecule has 1 saturated carbocycles. The first-order valence-electron chi connectivity index (χ1n) is 34.6. The highest BCUT2D eigenvalue weighted by Crippen LogP contribution is 2.43. The van der Waals surface area contributed by atoms with Crippen LogP contribution < -0.4 is 37.6 Å². The zero-order valence-electron chi connectivity index (χ0n) is 58.4. The largest absolute Gasteiger partial charge is 0.445 e. The van der Waals surface area contributed by atoms with Gasteiger partial charge in [-0.2, -0.15) is 5.10 Å². The van der Waals surface area contributed by atoms with E-state index in [0.29, 0.717) is 82.0 Å². The first-order chi connectivity index (χ1) is 46.8. The molecule has 3 aliphatic heterocycles. The number of hydrogen-bond donors (Lipinski definition) is 8. The van der Waals surface area contributed by atoms with E-state index in [4.69, 9.17) is 19.9 Å². The van der Waals surface area contributed by atoms with Gasteiger partial charge in [0.15, 0.2) is 0 Å². The number of fused-ring (bicyclic) bond motifs is 2. The molecule has 0 radical (unpaired) electrons. The Labute approximate surface area is 574 Å². The van der Waals surface area contributed by atoms with Crippen molar-refractivity contribution in [2.24, 2.45) is 35.3 Å². The Kier molecular flexibility index (Phi) is 28.7. The summed E-state index contributed by atoms with van der Waals surface area (Å²) in [5, 5.41) is 24.2. The maximum Gasteiger partial charge on any atom is 0.411 e. The van der Waals surface area contributed by atoms with Crippen LogP contribution in [0.25, 0.3) is 0 Å². The number of likely N-dealkylation sites (tertiary alicyclic amines) is 2. The van der Waals surface area contributed by atoms with E-state index >= 15 is 0 Å². The molecule has 12 amide bonds. The third-order valence-electron chi connectivity index (χ3n) is 19.7. The average Bonchev–Trinajstić information content (AvgIpc) is 1.60. The summed E-state index contributed by atoms with van der Waals surface area (Å²) in [6.07, 6.45) is 8.35. The van der Waals surface area contributed by atoms with E-state index in [1.807, 2.05) is 71.0 Å². The van der Waals surface area contributed by atoms with Crippen LogP contribution in [0.15, 0.2) is 79.0 Å². The van der Waals surface area contributed by atoms with Crippen molar-refractivity contribution in [1.82, 2.24) is 56.4 Å². The standard InChI is InChI=1S/C71H103N13O14/c1-11-44(6)62(55(96-9)40-59(88)82-37-19-23-54(82)64(97-10)45(7)65(89)77-53(51-33-35-74-80-51)38-46-20-14-12-15-21-46)81(8)69(93)61(43(4)5)79-68(92)63-48-27-30-50(39-48)84(63)71(95)98-41-47-25-28-49(29-26-47)75-66(90)52(22-18-34-73-70(72)94)76-67(91)60(42(2)3)78-56(85)24-16-13-17-36-83-57(86)31-32-58(83)87/h12,14-15,20-21,25-26,28-29,31-33,35,42-45,48,50,52-55,60-64H,11,13,16-19,22-24,27,30,34,36-41H2,1-10H3,(H,74,80)(H,75,90)(H,76,91)(H,77,89)(H,78,85)(H,79,92)(H3,72,73,94)/t44-,45+,48-,50+,52-,53-,54-,55+,60-,61-,62-,63-,64+/m0/s1. The number of aromatic nitrogens is 2. The Morgan fingerprint density at radius 2 is 1.47 bits per heavy atom. The molecule has 4 heterocycles. The first-order valence-corrected chi connectivity index (χ1v) is 34.6. The molecule has 0 spiro atoms. The molecule has 2 bridgehead atoms. The van der Waals surface area contributed by atoms with Gasteiger partial charge in [0.2, 0.25) is 41.4 Å². The van der Waals surface area contributed by atoms with Gasteiger partial charge in [-0.05, 0) is 117 Å². The highest BCUT2D eigenvalue weighted by atomic mass is 16.6. The molecule has 7 rings (SSSR count). The molecule has 3 fully saturated rings. The number of unbranched alkanes of at least 4 members (excludes halogenated alkanes) is 2. The molecule has 98 heavy (non-hydrogen) atoms. The summed E-state index contributed by atoms with van der Waals surface area (Å²) < 4.78 is 18.1. The number of benzene rings is 2. The minimum atomic E-state index is -1.10. The fourth-order valence-corrected chi connectivity index (χ4v) is 14.1. The zero-order chi connectivity index (χ0) is 71.3. The summed E-state index contributed by atoms with van der Waals surface area (Å²) >= 11 is 0. The number of H-pyrrole nitrogens is 1. The Morgan fingerprint density at radius 1 is 0.765 bits per heavy atom. The van der Waals surface area contributed by atoms with Gasteiger partial charge in [0.25, 0.3) is 11.8 Å². The van der Waals surface area contributed by atoms with E-state index in [9.17, 15) is 52.7 Å². The lowest BCUT2D eigenvalue weighted by Gasteiger charge is -2.41. The molecule has 1 aromatic heterocycles. The number of carbonyl (C=O) groups is 11. The predicted molar refractivity (Wildman–Crippen MR) is 364 cm³/mol. The molecular weight excluding hydrogens is 1260 g/mol. The lowest BCUT2D eigenvalue weighted by molar-refractivity contribution is -0.148. The monoisotopic (exact) mass is 1360 g/mol. The van der Waals surface area contributed by atoms with E-state index in [-0.39, 0.29) is 105 Å². The minimum absolute atomic E-state index is 0.0661. The average molecular weight is 1360 g/mol. The maximum atomic E-state index is 15.0. The summed E-state index contributed by atoms with van der Waals surface area (Å²) in [7, 11) is 4.76. The minimum Gasteiger partial charge on any atom is -0.445 e. The van der Waals surface area contributed by atoms with Crippen molar-refractivity contribution in [3.8, 4) is 0 Å². The zero-order valence-corrected chi connectivity index (χ0v) is 58.4. The number of imide groups is 1. The smallest absolute Gasteiger partial charge is 0.411 e. The summed E-state index contributed by atoms with van der Waals surface area (Å²) in [6.45, 7) is 13.6. The number of aromatic amines is 1. The van der Waals surface area contributed by atoms with Gasteiger partial charge >= 0.3 is 12.1 Å². The van der Waals surface area contributed by atoms with Crippen molar-refractivity contribution < 1.29 is 67.0 Å². The van der Waals surface area contributed by atoms with Crippen LogP contribution in [0.2, 0.25) is 0 Å². The van der Waals surface area contributed by atoms with E-state index < -0.39 is 96.2 Å². The lowest BCUT2D eigenvalue weighted by Crippen LogP contribution is -2.60. The molecule has 1 aliphatic carbocycles. The number of methoxy groups -OCH3 is 2. The number of hydrogen-bond acceptors (Lipinski definition) is 15. The van der Waals surface area contributed by atoms with E-state index in [0.717, 1.165) is 16.2 Å². The van der Waals surface area contributed by atoms with Gasteiger partial charge < -0.3 is 61.6 Å². The van der Waals surface area contributed by atoms with Crippen LogP contribution in [-0.2, 0) is 70.4 Å². The van der Waals surface area contributed by atoms with Crippen LogP contribution in [0.4, 0.5) is 15.3 Å². The highest BCUT2D eigenvalue weighted by Gasteiger charge is 2.53. The van der Waals surface area contributed by atoms with Crippen molar-refractivity contribution in [2.75, 3.05) is 46.2 Å². The molecule has 9 N–H and O–H groups in total. The molecule has 3 aromatic rings. The molecule has 2 aromatic carbocycles. The Balaban J connectivity index is 0.935. The number of primary amides is 1. The molecular formula is C71H103N13O14. The van der Waals surface area contributed by atoms with Crippen LogP contribution in [0.3, 0.4) is 0 Å². The van der Waals surface area contributed by atoms with Crippen LogP contribution in [0.5, 0.6) is 0 Å². The summed E-state index contributed by atoms with van der Waals surface area (Å²) in [6, 6.07) is 11.8. The van der Waals surface area contributed by atoms with E-state index in [2.05, 4.69) is 42.1 Å². The normalized spacial score (nSPS) is 20.0. The number of rotatable bonds is 37. The van der Waals surface area contributed by atoms with Crippen molar-refractivity contribution in [3.63, 3.8) is 0 Å². The number of likely N-dealkylation sites (N-methyl/N-ethyl adjacent to an activating group) is 1. The van der Waals surface area contributed by atoms with Gasteiger partial charge in [-0.1, -0.05) is 104 Å². The van der Waals surface area contributed by atoms with Crippen LogP contribution >= 0.6 is 0 Å². The van der Waals surface area contributed by atoms with Crippen molar-refractivity contribution >= 4 is 71.0 Å². The van der Waals surface area contributed by atoms with Crippen molar-refractivity contribution in [1.29, 1.82) is 0 Å². The molecule has 2 saturated heterocycles. The van der Waals surface area contributed by atoms with Gasteiger partial charge in [0.05, 0.1) is 48.4 Å². The number of nitrogens with two attached hydrogens (primary N) is 1. The molecule has 13 atom stereocenters. The second-order valence-corrected chi connectivity index (χ2v) is 27.2. The second-order valence-electron chi connectivity index (χ2n) is 27.2. The van der Waals surface area contributed by atoms with Crippen LogP contribution in [0, 0.1) is 29.6 Å². The molecule has 27 nitrogen and oxygen atoms in total. The maximum absolute atomic E-state index is 15.0. The molecule has 4 aliphatic rings. The van der Waals surface area contributed by atoms with Gasteiger partial charge in [0, 0.05) is 77.4 Å². The number of urea groups is 1. The molecule has 536 valence electrons. The van der Waals surface area contributed by atoms with Gasteiger partial charge in [0.1, 0.15) is 30.8 Å². The first kappa shape index (κ1) is 76.6. The number of anilines is 1. The quantitative estimate of drug-likeness (QED) is 0.0259. The SMILES string of the molecule is CC[C@H](C)[C@@H]([C@@H](CC(=O)N1CCC[C@H]1[C@H](OC)[C@@H](C)C(=O)N[C@@H](Cc1ccccc1)c1ccn[nH]1)OC)N(C)C(=O)[C@@H](NC(=O)[C@@H]1[C@H]2CC[C@H](C2)N1C(=O)OCc1ccc(NC(=O)[C@H](CCCNC(N)=O)NC(=O)[C@@H](NC(=O)CCCCCN2C(=O)C=CC2=O)C(C)C)cc1)C(C)C. The Morgan fingerprint density at radius 3 is 2.10 bits per heavy atom. The Hall–Kier alpha value is -8.72. The summed E-state index contributed by atoms with van der Waals surface area (Å²) in [5.41, 5.74) is 7.98. The summed E-state index contributed by atoms with van der Waals surface area (Å²) in [5.74, 6) is -5.31. The number of nitrogens with one attached hydrogen (secondary N) is 7. The number of ether oxygens (including phenoxy) is 3. The highest BCUT2D eigenvalue weighted by molar-refractivity contribution is 6.12. The van der Waals surface area contributed by atoms with Gasteiger partial charge in [-0.25, -0.2) is 9.59 Å². The van der Waals surface area contributed by atoms with Crippen molar-refractivity contribution in [2.45, 2.75) is 206 Å². The lowest BCUT2D eigenvalue weighted by atomic mass is 9.89. The number of carbonyl (C=O) groups excluding carboxylic acids is 11. The van der Waals surface area contributed by atoms with E-state index in [1.165, 1.54) is 24.2 Å². The third kappa shape index (κ3) is 20.4. The fraction of sp³-hybridized carbons (Fsp3) is 0.606. The second kappa shape index (κ2) is 36.7. The predicted octanol–water partition coefficient (Wildman–Crippen LogP) is 5.56. The van der Waals surface area contributed by atoms with Crippen molar-refractivity contribution in [3.05, 3.63) is 95.8 Å². The number of piperidine rings is 1. The topological polar surface area (TPSA) is 355 Å².